The van der Waals surface area contributed by atoms with Crippen LogP contribution in [0.3, 0.4) is 0 Å². The number of methoxy groups -OCH3 is 1. The molecule has 0 unspecified atom stereocenters. The number of thiophene rings is 1. The van der Waals surface area contributed by atoms with Gasteiger partial charge in [-0.25, -0.2) is 0 Å². The standard InChI is InChI=1S/C7H7BrOS/c1-5(9-2)6-3-4-7(8)10-6/h3-4H,1H2,2H3. The van der Waals surface area contributed by atoms with Crippen LogP contribution in [-0.2, 0) is 4.74 Å². The highest BCUT2D eigenvalue weighted by Crippen LogP contribution is 2.26. The average Bonchev–Trinajstić information content (AvgIpc) is 2.34. The largest absolute Gasteiger partial charge is 0.496 e. The van der Waals surface area contributed by atoms with Crippen LogP contribution in [0.4, 0.5) is 0 Å². The third-order valence-electron chi connectivity index (χ3n) is 1.09. The molecular weight excluding hydrogens is 212 g/mol. The first-order valence-corrected chi connectivity index (χ1v) is 4.33. The maximum atomic E-state index is 4.94. The van der Waals surface area contributed by atoms with Gasteiger partial charge in [-0.05, 0) is 28.1 Å². The molecule has 0 aliphatic carbocycles. The summed E-state index contributed by atoms with van der Waals surface area (Å²) in [4.78, 5) is 1.06. The van der Waals surface area contributed by atoms with E-state index in [0.717, 1.165) is 14.4 Å². The van der Waals surface area contributed by atoms with Gasteiger partial charge in [-0.3, -0.25) is 0 Å². The van der Waals surface area contributed by atoms with E-state index in [1.807, 2.05) is 12.1 Å². The third-order valence-corrected chi connectivity index (χ3v) is 2.76. The highest BCUT2D eigenvalue weighted by atomic mass is 79.9. The Morgan fingerprint density at radius 2 is 2.40 bits per heavy atom. The van der Waals surface area contributed by atoms with Crippen LogP contribution in [0.1, 0.15) is 4.88 Å². The Balaban J connectivity index is 2.85. The van der Waals surface area contributed by atoms with E-state index in [4.69, 9.17) is 4.74 Å². The molecule has 1 rings (SSSR count). The van der Waals surface area contributed by atoms with Crippen LogP contribution >= 0.6 is 27.3 Å². The van der Waals surface area contributed by atoms with E-state index >= 15 is 0 Å². The molecule has 0 aliphatic heterocycles. The fourth-order valence-electron chi connectivity index (χ4n) is 0.565. The summed E-state index contributed by atoms with van der Waals surface area (Å²) in [5.41, 5.74) is 0. The highest BCUT2D eigenvalue weighted by molar-refractivity contribution is 9.11. The molecule has 0 bridgehead atoms. The second kappa shape index (κ2) is 3.21. The van der Waals surface area contributed by atoms with E-state index < -0.39 is 0 Å². The summed E-state index contributed by atoms with van der Waals surface area (Å²) < 4.78 is 6.04. The summed E-state index contributed by atoms with van der Waals surface area (Å²) in [6.07, 6.45) is 0. The number of hydrogen-bond donors (Lipinski definition) is 0. The number of hydrogen-bond acceptors (Lipinski definition) is 2. The van der Waals surface area contributed by atoms with Crippen molar-refractivity contribution in [1.29, 1.82) is 0 Å². The van der Waals surface area contributed by atoms with Crippen LogP contribution in [0.25, 0.3) is 5.76 Å². The number of halogens is 1. The molecule has 0 N–H and O–H groups in total. The molecular formula is C7H7BrOS. The van der Waals surface area contributed by atoms with E-state index in [9.17, 15) is 0 Å². The first-order chi connectivity index (χ1) is 4.74. The molecule has 1 nitrogen and oxygen atoms in total. The topological polar surface area (TPSA) is 9.23 Å². The molecule has 1 aromatic heterocycles. The molecule has 0 fully saturated rings. The molecule has 1 heterocycles. The predicted octanol–water partition coefficient (Wildman–Crippen LogP) is 3.13. The van der Waals surface area contributed by atoms with Gasteiger partial charge in [0, 0.05) is 0 Å². The first kappa shape index (κ1) is 7.82. The SMILES string of the molecule is C=C(OC)c1ccc(Br)s1. The molecule has 0 saturated carbocycles. The molecule has 0 aliphatic rings. The Labute approximate surface area is 72.5 Å². The minimum atomic E-state index is 0.718. The minimum Gasteiger partial charge on any atom is -0.496 e. The van der Waals surface area contributed by atoms with Crippen molar-refractivity contribution in [3.05, 3.63) is 27.4 Å². The number of rotatable bonds is 2. The van der Waals surface area contributed by atoms with E-state index in [-0.39, 0.29) is 0 Å². The van der Waals surface area contributed by atoms with Crippen molar-refractivity contribution in [3.8, 4) is 0 Å². The van der Waals surface area contributed by atoms with Gasteiger partial charge in [0.25, 0.3) is 0 Å². The van der Waals surface area contributed by atoms with E-state index in [1.165, 1.54) is 0 Å². The fraction of sp³-hybridized carbons (Fsp3) is 0.143. The maximum Gasteiger partial charge on any atom is 0.128 e. The van der Waals surface area contributed by atoms with Crippen LogP contribution in [0.5, 0.6) is 0 Å². The van der Waals surface area contributed by atoms with Crippen molar-refractivity contribution >= 4 is 33.0 Å². The average molecular weight is 219 g/mol. The van der Waals surface area contributed by atoms with Crippen molar-refractivity contribution in [1.82, 2.24) is 0 Å². The Hall–Kier alpha value is -0.280. The van der Waals surface area contributed by atoms with Gasteiger partial charge in [0.2, 0.25) is 0 Å². The molecule has 0 saturated heterocycles. The van der Waals surface area contributed by atoms with Crippen LogP contribution in [-0.4, -0.2) is 7.11 Å². The van der Waals surface area contributed by atoms with Gasteiger partial charge in [-0.1, -0.05) is 6.58 Å². The molecule has 0 amide bonds. The van der Waals surface area contributed by atoms with Crippen molar-refractivity contribution in [3.63, 3.8) is 0 Å². The quantitative estimate of drug-likeness (QED) is 0.694. The van der Waals surface area contributed by atoms with Crippen molar-refractivity contribution in [2.45, 2.75) is 0 Å². The molecule has 0 aromatic carbocycles. The summed E-state index contributed by atoms with van der Waals surface area (Å²) in [7, 11) is 1.62. The summed E-state index contributed by atoms with van der Waals surface area (Å²) in [6, 6.07) is 3.95. The Morgan fingerprint density at radius 3 is 2.80 bits per heavy atom. The minimum absolute atomic E-state index is 0.718. The zero-order chi connectivity index (χ0) is 7.56. The smallest absolute Gasteiger partial charge is 0.128 e. The molecule has 54 valence electrons. The highest BCUT2D eigenvalue weighted by Gasteiger charge is 2.00. The summed E-state index contributed by atoms with van der Waals surface area (Å²) in [5.74, 6) is 0.718. The predicted molar refractivity (Wildman–Crippen MR) is 48.1 cm³/mol. The fourth-order valence-corrected chi connectivity index (χ4v) is 1.90. The van der Waals surface area contributed by atoms with Gasteiger partial charge in [0.05, 0.1) is 15.8 Å². The monoisotopic (exact) mass is 218 g/mol. The normalized spacial score (nSPS) is 9.40. The lowest BCUT2D eigenvalue weighted by molar-refractivity contribution is 0.372. The van der Waals surface area contributed by atoms with Crippen LogP contribution in [0, 0.1) is 0 Å². The van der Waals surface area contributed by atoms with Gasteiger partial charge in [0.1, 0.15) is 5.76 Å². The van der Waals surface area contributed by atoms with Gasteiger partial charge in [-0.15, -0.1) is 11.3 Å². The maximum absolute atomic E-state index is 4.94. The van der Waals surface area contributed by atoms with E-state index in [0.29, 0.717) is 0 Å². The Bertz CT molecular complexity index is 242. The van der Waals surface area contributed by atoms with E-state index in [1.54, 1.807) is 18.4 Å². The Kier molecular flexibility index (Phi) is 2.51. The van der Waals surface area contributed by atoms with Crippen LogP contribution in [0.2, 0.25) is 0 Å². The number of ether oxygens (including phenoxy) is 1. The van der Waals surface area contributed by atoms with Gasteiger partial charge in [-0.2, -0.15) is 0 Å². The van der Waals surface area contributed by atoms with Gasteiger partial charge >= 0.3 is 0 Å². The summed E-state index contributed by atoms with van der Waals surface area (Å²) in [6.45, 7) is 3.72. The van der Waals surface area contributed by atoms with Crippen molar-refractivity contribution < 1.29 is 4.74 Å². The Morgan fingerprint density at radius 1 is 1.70 bits per heavy atom. The second-order valence-electron chi connectivity index (χ2n) is 1.73. The summed E-state index contributed by atoms with van der Waals surface area (Å²) in [5, 5.41) is 0. The second-order valence-corrected chi connectivity index (χ2v) is 4.19. The lowest BCUT2D eigenvalue weighted by Crippen LogP contribution is -1.77. The van der Waals surface area contributed by atoms with Gasteiger partial charge < -0.3 is 4.74 Å². The van der Waals surface area contributed by atoms with Crippen LogP contribution in [0.15, 0.2) is 22.5 Å². The lowest BCUT2D eigenvalue weighted by atomic mass is 10.4. The molecule has 3 heteroatoms. The molecule has 0 radical (unpaired) electrons. The molecule has 1 aromatic rings. The first-order valence-electron chi connectivity index (χ1n) is 2.72. The zero-order valence-electron chi connectivity index (χ0n) is 5.56. The van der Waals surface area contributed by atoms with E-state index in [2.05, 4.69) is 22.5 Å². The van der Waals surface area contributed by atoms with Gasteiger partial charge in [0.15, 0.2) is 0 Å². The molecule has 10 heavy (non-hydrogen) atoms. The lowest BCUT2D eigenvalue weighted by Gasteiger charge is -1.97. The molecule has 0 spiro atoms. The van der Waals surface area contributed by atoms with Crippen LogP contribution < -0.4 is 0 Å². The van der Waals surface area contributed by atoms with Crippen molar-refractivity contribution in [2.75, 3.05) is 7.11 Å². The van der Waals surface area contributed by atoms with Crippen molar-refractivity contribution in [2.24, 2.45) is 0 Å². The zero-order valence-corrected chi connectivity index (χ0v) is 7.96. The molecule has 0 atom stereocenters. The summed E-state index contributed by atoms with van der Waals surface area (Å²) >= 11 is 4.96. The third kappa shape index (κ3) is 1.61.